The number of rotatable bonds is 3. The number of hydrogen-bond donors (Lipinski definition) is 1. The standard InChI is InChI=1S/C21H24N4O3/c26-20(23-17-5-7-18(8-6-17)24-14-15-28-21(24)27)25-13-3-1-2-4-19(25)16-9-11-22-12-10-16/h5-12,19H,1-4,13-15H2,(H,23,26)/t19-/m1/s1. The van der Waals surface area contributed by atoms with Crippen molar-refractivity contribution in [1.29, 1.82) is 0 Å². The Hall–Kier alpha value is -3.09. The summed E-state index contributed by atoms with van der Waals surface area (Å²) in [6, 6.07) is 11.2. The summed E-state index contributed by atoms with van der Waals surface area (Å²) < 4.78 is 4.97. The van der Waals surface area contributed by atoms with E-state index < -0.39 is 0 Å². The van der Waals surface area contributed by atoms with Crippen LogP contribution in [0.4, 0.5) is 21.0 Å². The van der Waals surface area contributed by atoms with E-state index in [0.29, 0.717) is 18.8 Å². The van der Waals surface area contributed by atoms with Crippen LogP contribution in [0.15, 0.2) is 48.8 Å². The van der Waals surface area contributed by atoms with E-state index in [2.05, 4.69) is 10.3 Å². The molecule has 4 rings (SSSR count). The maximum Gasteiger partial charge on any atom is 0.414 e. The summed E-state index contributed by atoms with van der Waals surface area (Å²) in [5.41, 5.74) is 2.60. The van der Waals surface area contributed by atoms with Crippen LogP contribution < -0.4 is 10.2 Å². The molecule has 0 spiro atoms. The monoisotopic (exact) mass is 380 g/mol. The third kappa shape index (κ3) is 3.93. The van der Waals surface area contributed by atoms with Crippen LogP contribution in [0, 0.1) is 0 Å². The normalized spacial score (nSPS) is 19.9. The van der Waals surface area contributed by atoms with Crippen molar-refractivity contribution in [2.45, 2.75) is 31.7 Å². The number of cyclic esters (lactones) is 1. The molecule has 2 saturated heterocycles. The minimum absolute atomic E-state index is 0.0594. The summed E-state index contributed by atoms with van der Waals surface area (Å²) in [5.74, 6) is 0. The van der Waals surface area contributed by atoms with Crippen LogP contribution in [0.25, 0.3) is 0 Å². The van der Waals surface area contributed by atoms with Crippen molar-refractivity contribution >= 4 is 23.5 Å². The Balaban J connectivity index is 1.47. The van der Waals surface area contributed by atoms with Gasteiger partial charge in [0.15, 0.2) is 0 Å². The van der Waals surface area contributed by atoms with Gasteiger partial charge in [0.25, 0.3) is 0 Å². The van der Waals surface area contributed by atoms with Crippen molar-refractivity contribution in [2.75, 3.05) is 29.9 Å². The zero-order chi connectivity index (χ0) is 19.3. The molecule has 2 fully saturated rings. The summed E-state index contributed by atoms with van der Waals surface area (Å²) in [5, 5.41) is 3.00. The van der Waals surface area contributed by atoms with E-state index in [4.69, 9.17) is 4.74 Å². The molecule has 1 N–H and O–H groups in total. The van der Waals surface area contributed by atoms with Gasteiger partial charge in [-0.15, -0.1) is 0 Å². The molecule has 3 heterocycles. The third-order valence-electron chi connectivity index (χ3n) is 5.30. The minimum atomic E-state index is -0.332. The Morgan fingerprint density at radius 3 is 2.54 bits per heavy atom. The van der Waals surface area contributed by atoms with E-state index >= 15 is 0 Å². The minimum Gasteiger partial charge on any atom is -0.447 e. The molecule has 2 aromatic rings. The molecule has 2 aliphatic heterocycles. The van der Waals surface area contributed by atoms with Gasteiger partial charge in [-0.3, -0.25) is 9.88 Å². The van der Waals surface area contributed by atoms with Crippen LogP contribution in [0.2, 0.25) is 0 Å². The second kappa shape index (κ2) is 8.29. The van der Waals surface area contributed by atoms with Crippen LogP contribution in [0.1, 0.15) is 37.3 Å². The van der Waals surface area contributed by atoms with Crippen molar-refractivity contribution in [3.63, 3.8) is 0 Å². The molecule has 0 radical (unpaired) electrons. The summed E-state index contributed by atoms with van der Waals surface area (Å²) in [4.78, 5) is 32.3. The van der Waals surface area contributed by atoms with Crippen molar-refractivity contribution in [1.82, 2.24) is 9.88 Å². The predicted octanol–water partition coefficient (Wildman–Crippen LogP) is 4.19. The number of pyridine rings is 1. The topological polar surface area (TPSA) is 74.8 Å². The summed E-state index contributed by atoms with van der Waals surface area (Å²) in [6.45, 7) is 1.69. The van der Waals surface area contributed by atoms with Gasteiger partial charge in [-0.25, -0.2) is 9.59 Å². The lowest BCUT2D eigenvalue weighted by Crippen LogP contribution is -2.38. The number of aromatic nitrogens is 1. The molecule has 28 heavy (non-hydrogen) atoms. The highest BCUT2D eigenvalue weighted by atomic mass is 16.6. The Bertz CT molecular complexity index is 825. The molecule has 0 saturated carbocycles. The highest BCUT2D eigenvalue weighted by Gasteiger charge is 2.27. The fourth-order valence-corrected chi connectivity index (χ4v) is 3.83. The number of anilines is 2. The molecular weight excluding hydrogens is 356 g/mol. The zero-order valence-corrected chi connectivity index (χ0v) is 15.7. The van der Waals surface area contributed by atoms with Crippen molar-refractivity contribution < 1.29 is 14.3 Å². The second-order valence-corrected chi connectivity index (χ2v) is 7.08. The van der Waals surface area contributed by atoms with Crippen LogP contribution in [0.5, 0.6) is 0 Å². The largest absolute Gasteiger partial charge is 0.447 e. The molecule has 0 aliphatic carbocycles. The quantitative estimate of drug-likeness (QED) is 0.866. The number of nitrogens with zero attached hydrogens (tertiary/aromatic N) is 3. The highest BCUT2D eigenvalue weighted by Crippen LogP contribution is 2.30. The first-order valence-electron chi connectivity index (χ1n) is 9.74. The lowest BCUT2D eigenvalue weighted by atomic mass is 10.0. The molecule has 7 heteroatoms. The number of ether oxygens (including phenoxy) is 1. The molecule has 3 amide bonds. The maximum atomic E-state index is 13.0. The van der Waals surface area contributed by atoms with Crippen LogP contribution in [-0.2, 0) is 4.74 Å². The van der Waals surface area contributed by atoms with E-state index in [-0.39, 0.29) is 18.2 Å². The third-order valence-corrected chi connectivity index (χ3v) is 5.30. The van der Waals surface area contributed by atoms with Crippen molar-refractivity contribution in [3.8, 4) is 0 Å². The number of likely N-dealkylation sites (tertiary alicyclic amines) is 1. The maximum absolute atomic E-state index is 13.0. The van der Waals surface area contributed by atoms with Gasteiger partial charge >= 0.3 is 12.1 Å². The lowest BCUT2D eigenvalue weighted by molar-refractivity contribution is 0.181. The van der Waals surface area contributed by atoms with Gasteiger partial charge in [-0.2, -0.15) is 0 Å². The molecule has 1 aromatic heterocycles. The summed E-state index contributed by atoms with van der Waals surface area (Å²) in [6.07, 6.45) is 7.42. The Morgan fingerprint density at radius 2 is 1.82 bits per heavy atom. The van der Waals surface area contributed by atoms with Gasteiger partial charge in [0.2, 0.25) is 0 Å². The first-order chi connectivity index (χ1) is 13.7. The zero-order valence-electron chi connectivity index (χ0n) is 15.7. The Kier molecular flexibility index (Phi) is 5.41. The molecule has 1 aromatic carbocycles. The molecule has 0 bridgehead atoms. The Labute approximate surface area is 164 Å². The molecule has 146 valence electrons. The molecule has 7 nitrogen and oxygen atoms in total. The molecular formula is C21H24N4O3. The fourth-order valence-electron chi connectivity index (χ4n) is 3.83. The smallest absolute Gasteiger partial charge is 0.414 e. The predicted molar refractivity (Wildman–Crippen MR) is 106 cm³/mol. The summed E-state index contributed by atoms with van der Waals surface area (Å²) in [7, 11) is 0. The van der Waals surface area contributed by atoms with E-state index in [0.717, 1.165) is 43.5 Å². The first-order valence-corrected chi connectivity index (χ1v) is 9.74. The van der Waals surface area contributed by atoms with E-state index in [9.17, 15) is 9.59 Å². The van der Waals surface area contributed by atoms with Crippen LogP contribution in [-0.4, -0.2) is 41.7 Å². The molecule has 2 aliphatic rings. The van der Waals surface area contributed by atoms with E-state index in [1.54, 1.807) is 17.3 Å². The number of amides is 3. The van der Waals surface area contributed by atoms with Crippen molar-refractivity contribution in [3.05, 3.63) is 54.4 Å². The lowest BCUT2D eigenvalue weighted by Gasteiger charge is -2.30. The van der Waals surface area contributed by atoms with Gasteiger partial charge in [-0.05, 0) is 54.8 Å². The van der Waals surface area contributed by atoms with Gasteiger partial charge in [-0.1, -0.05) is 12.8 Å². The van der Waals surface area contributed by atoms with Crippen LogP contribution >= 0.6 is 0 Å². The number of urea groups is 1. The number of carbonyl (C=O) groups excluding carboxylic acids is 2. The summed E-state index contributed by atoms with van der Waals surface area (Å²) >= 11 is 0. The van der Waals surface area contributed by atoms with Gasteiger partial charge in [0.05, 0.1) is 12.6 Å². The van der Waals surface area contributed by atoms with Gasteiger partial charge < -0.3 is 15.0 Å². The molecule has 0 unspecified atom stereocenters. The first kappa shape index (κ1) is 18.3. The van der Waals surface area contributed by atoms with E-state index in [1.807, 2.05) is 41.3 Å². The number of hydrogen-bond acceptors (Lipinski definition) is 4. The number of carbonyl (C=O) groups is 2. The van der Waals surface area contributed by atoms with E-state index in [1.165, 1.54) is 0 Å². The second-order valence-electron chi connectivity index (χ2n) is 7.08. The van der Waals surface area contributed by atoms with Crippen molar-refractivity contribution in [2.24, 2.45) is 0 Å². The SMILES string of the molecule is O=C1OCCN1c1ccc(NC(=O)N2CCCCC[C@@H]2c2ccncc2)cc1. The average molecular weight is 380 g/mol. The Morgan fingerprint density at radius 1 is 1.04 bits per heavy atom. The molecule has 1 atom stereocenters. The fraction of sp³-hybridized carbons (Fsp3) is 0.381. The average Bonchev–Trinajstić information content (AvgIpc) is 3.00. The van der Waals surface area contributed by atoms with Gasteiger partial charge in [0, 0.05) is 30.3 Å². The van der Waals surface area contributed by atoms with Crippen LogP contribution in [0.3, 0.4) is 0 Å². The number of nitrogens with one attached hydrogen (secondary N) is 1. The highest BCUT2D eigenvalue weighted by molar-refractivity contribution is 5.92. The number of benzene rings is 1. The van der Waals surface area contributed by atoms with Gasteiger partial charge in [0.1, 0.15) is 6.61 Å².